The smallest absolute Gasteiger partial charge is 0.393 e. The molecule has 0 bridgehead atoms. The van der Waals surface area contributed by atoms with Gasteiger partial charge < -0.3 is 5.11 Å². The maximum Gasteiger partial charge on any atom is 0.416 e. The van der Waals surface area contributed by atoms with Crippen molar-refractivity contribution in [3.8, 4) is 0 Å². The second kappa shape index (κ2) is 6.41. The lowest BCUT2D eigenvalue weighted by atomic mass is 10.0. The second-order valence-corrected chi connectivity index (χ2v) is 5.51. The molecule has 0 amide bonds. The molecule has 1 atom stereocenters. The molecule has 0 spiro atoms. The molecule has 1 aromatic carbocycles. The fourth-order valence-electron chi connectivity index (χ4n) is 2.02. The fourth-order valence-corrected chi connectivity index (χ4v) is 2.72. The van der Waals surface area contributed by atoms with E-state index in [1.165, 1.54) is 6.07 Å². The predicted molar refractivity (Wildman–Crippen MR) is 73.8 cm³/mol. The van der Waals surface area contributed by atoms with Crippen molar-refractivity contribution in [2.24, 2.45) is 0 Å². The summed E-state index contributed by atoms with van der Waals surface area (Å²) in [6.45, 7) is 0. The van der Waals surface area contributed by atoms with Gasteiger partial charge in [0.2, 0.25) is 0 Å². The number of halogens is 3. The van der Waals surface area contributed by atoms with Crippen molar-refractivity contribution in [3.63, 3.8) is 0 Å². The molecule has 0 aliphatic rings. The Morgan fingerprint density at radius 2 is 1.95 bits per heavy atom. The van der Waals surface area contributed by atoms with Crippen LogP contribution in [0.3, 0.4) is 0 Å². The number of alkyl halides is 3. The molecule has 1 heterocycles. The molecule has 0 aliphatic carbocycles. The van der Waals surface area contributed by atoms with Crippen molar-refractivity contribution >= 4 is 11.3 Å². The first-order valence-corrected chi connectivity index (χ1v) is 7.25. The summed E-state index contributed by atoms with van der Waals surface area (Å²) in [5.74, 6) is 0. The molecule has 1 unspecified atom stereocenters. The molecule has 0 fully saturated rings. The van der Waals surface area contributed by atoms with Gasteiger partial charge in [-0.1, -0.05) is 18.2 Å². The summed E-state index contributed by atoms with van der Waals surface area (Å²) < 4.78 is 37.7. The minimum atomic E-state index is -4.34. The van der Waals surface area contributed by atoms with Crippen LogP contribution in [0.5, 0.6) is 0 Å². The number of thiophene rings is 1. The predicted octanol–water partition coefficient (Wildman–Crippen LogP) is 4.30. The maximum absolute atomic E-state index is 12.6. The van der Waals surface area contributed by atoms with Crippen LogP contribution in [-0.4, -0.2) is 11.2 Å². The molecule has 108 valence electrons. The molecule has 5 heteroatoms. The van der Waals surface area contributed by atoms with Crippen LogP contribution >= 0.6 is 11.3 Å². The number of aliphatic hydroxyl groups is 1. The lowest BCUT2D eigenvalue weighted by molar-refractivity contribution is -0.137. The SMILES string of the molecule is OC(CCc1ccsc1)Cc1cccc(C(F)(F)F)c1. The van der Waals surface area contributed by atoms with Crippen LogP contribution < -0.4 is 0 Å². The van der Waals surface area contributed by atoms with Crippen LogP contribution in [-0.2, 0) is 19.0 Å². The minimum absolute atomic E-state index is 0.244. The molecule has 0 saturated heterocycles. The first-order valence-electron chi connectivity index (χ1n) is 6.30. The summed E-state index contributed by atoms with van der Waals surface area (Å²) >= 11 is 1.59. The van der Waals surface area contributed by atoms with Gasteiger partial charge in [0.05, 0.1) is 11.7 Å². The first-order chi connectivity index (χ1) is 9.45. The van der Waals surface area contributed by atoms with Crippen LogP contribution in [0.25, 0.3) is 0 Å². The Morgan fingerprint density at radius 1 is 1.15 bits per heavy atom. The molecular weight excluding hydrogens is 285 g/mol. The van der Waals surface area contributed by atoms with E-state index in [4.69, 9.17) is 0 Å². The second-order valence-electron chi connectivity index (χ2n) is 4.73. The lowest BCUT2D eigenvalue weighted by Crippen LogP contribution is -2.12. The fraction of sp³-hybridized carbons (Fsp3) is 0.333. The molecule has 0 saturated carbocycles. The topological polar surface area (TPSA) is 20.2 Å². The number of hydrogen-bond acceptors (Lipinski definition) is 2. The number of aryl methyl sites for hydroxylation is 1. The van der Waals surface area contributed by atoms with Crippen LogP contribution in [0, 0.1) is 0 Å². The molecule has 1 aromatic heterocycles. The van der Waals surface area contributed by atoms with Crippen LogP contribution in [0.2, 0.25) is 0 Å². The standard InChI is InChI=1S/C15H15F3OS/c16-15(17,18)13-3-1-2-12(8-13)9-14(19)5-4-11-6-7-20-10-11/h1-3,6-8,10,14,19H,4-5,9H2. The summed E-state index contributed by atoms with van der Waals surface area (Å²) in [5, 5.41) is 13.9. The van der Waals surface area contributed by atoms with Crippen molar-refractivity contribution in [1.82, 2.24) is 0 Å². The average molecular weight is 300 g/mol. The molecule has 2 rings (SSSR count). The van der Waals surface area contributed by atoms with E-state index in [-0.39, 0.29) is 6.42 Å². The van der Waals surface area contributed by atoms with E-state index >= 15 is 0 Å². The molecule has 1 N–H and O–H groups in total. The number of benzene rings is 1. The number of rotatable bonds is 5. The zero-order valence-electron chi connectivity index (χ0n) is 10.7. The van der Waals surface area contributed by atoms with Crippen molar-refractivity contribution in [3.05, 3.63) is 57.8 Å². The summed E-state index contributed by atoms with van der Waals surface area (Å²) in [4.78, 5) is 0. The lowest BCUT2D eigenvalue weighted by Gasteiger charge is -2.12. The Bertz CT molecular complexity index is 534. The van der Waals surface area contributed by atoms with Crippen LogP contribution in [0.1, 0.15) is 23.1 Å². The Kier molecular flexibility index (Phi) is 4.83. The minimum Gasteiger partial charge on any atom is -0.393 e. The van der Waals surface area contributed by atoms with E-state index in [2.05, 4.69) is 0 Å². The van der Waals surface area contributed by atoms with Gasteiger partial charge in [-0.25, -0.2) is 0 Å². The Morgan fingerprint density at radius 3 is 2.60 bits per heavy atom. The van der Waals surface area contributed by atoms with Gasteiger partial charge in [-0.05, 0) is 53.3 Å². The monoisotopic (exact) mass is 300 g/mol. The molecule has 0 radical (unpaired) electrons. The number of hydrogen-bond donors (Lipinski definition) is 1. The molecular formula is C15H15F3OS. The van der Waals surface area contributed by atoms with E-state index in [0.717, 1.165) is 24.1 Å². The van der Waals surface area contributed by atoms with Gasteiger partial charge >= 0.3 is 6.18 Å². The van der Waals surface area contributed by atoms with E-state index in [9.17, 15) is 18.3 Å². The molecule has 20 heavy (non-hydrogen) atoms. The van der Waals surface area contributed by atoms with Gasteiger partial charge in [0.15, 0.2) is 0 Å². The first kappa shape index (κ1) is 15.1. The van der Waals surface area contributed by atoms with Gasteiger partial charge in [-0.15, -0.1) is 0 Å². The third kappa shape index (κ3) is 4.35. The Labute approximate surface area is 119 Å². The summed E-state index contributed by atoms with van der Waals surface area (Å²) in [7, 11) is 0. The third-order valence-corrected chi connectivity index (χ3v) is 3.80. The van der Waals surface area contributed by atoms with E-state index in [1.54, 1.807) is 17.4 Å². The largest absolute Gasteiger partial charge is 0.416 e. The Hall–Kier alpha value is -1.33. The quantitative estimate of drug-likeness (QED) is 0.872. The summed E-state index contributed by atoms with van der Waals surface area (Å²) in [5.41, 5.74) is 0.996. The van der Waals surface area contributed by atoms with Crippen molar-refractivity contribution < 1.29 is 18.3 Å². The van der Waals surface area contributed by atoms with Crippen molar-refractivity contribution in [1.29, 1.82) is 0 Å². The van der Waals surface area contributed by atoms with Crippen molar-refractivity contribution in [2.75, 3.05) is 0 Å². The average Bonchev–Trinajstić information content (AvgIpc) is 2.89. The van der Waals surface area contributed by atoms with E-state index in [0.29, 0.717) is 12.0 Å². The third-order valence-electron chi connectivity index (χ3n) is 3.07. The van der Waals surface area contributed by atoms with Gasteiger partial charge in [0.25, 0.3) is 0 Å². The highest BCUT2D eigenvalue weighted by Gasteiger charge is 2.30. The summed E-state index contributed by atoms with van der Waals surface area (Å²) in [6, 6.07) is 7.13. The van der Waals surface area contributed by atoms with E-state index in [1.807, 2.05) is 16.8 Å². The zero-order valence-corrected chi connectivity index (χ0v) is 11.5. The van der Waals surface area contributed by atoms with E-state index < -0.39 is 17.8 Å². The molecule has 0 aliphatic heterocycles. The normalized spacial score (nSPS) is 13.4. The molecule has 2 aromatic rings. The van der Waals surface area contributed by atoms with Crippen LogP contribution in [0.4, 0.5) is 13.2 Å². The zero-order chi connectivity index (χ0) is 14.6. The maximum atomic E-state index is 12.6. The number of aliphatic hydroxyl groups excluding tert-OH is 1. The summed E-state index contributed by atoms with van der Waals surface area (Å²) in [6.07, 6.45) is -3.43. The van der Waals surface area contributed by atoms with Crippen LogP contribution in [0.15, 0.2) is 41.1 Å². The van der Waals surface area contributed by atoms with Gasteiger partial charge in [-0.2, -0.15) is 24.5 Å². The Balaban J connectivity index is 1.92. The molecule has 1 nitrogen and oxygen atoms in total. The van der Waals surface area contributed by atoms with Gasteiger partial charge in [-0.3, -0.25) is 0 Å². The highest BCUT2D eigenvalue weighted by Crippen LogP contribution is 2.29. The van der Waals surface area contributed by atoms with Gasteiger partial charge in [0.1, 0.15) is 0 Å². The van der Waals surface area contributed by atoms with Crippen molar-refractivity contribution in [2.45, 2.75) is 31.5 Å². The highest BCUT2D eigenvalue weighted by atomic mass is 32.1. The highest BCUT2D eigenvalue weighted by molar-refractivity contribution is 7.07. The van der Waals surface area contributed by atoms with Gasteiger partial charge in [0, 0.05) is 0 Å².